The van der Waals surface area contributed by atoms with E-state index < -0.39 is 0 Å². The zero-order valence-electron chi connectivity index (χ0n) is 12.3. The van der Waals surface area contributed by atoms with Crippen LogP contribution in [-0.2, 0) is 0 Å². The Balaban J connectivity index is 1.63. The second-order valence-corrected chi connectivity index (χ2v) is 6.85. The van der Waals surface area contributed by atoms with E-state index in [1.165, 1.54) is 5.17 Å². The number of rotatable bonds is 1. The zero-order chi connectivity index (χ0) is 14.1. The van der Waals surface area contributed by atoms with Gasteiger partial charge in [0.2, 0.25) is 0 Å². The molecule has 2 aliphatic rings. The molecule has 1 aromatic heterocycles. The highest BCUT2D eigenvalue weighted by atomic mass is 32.2. The number of aryl methyl sites for hydroxylation is 2. The molecule has 0 radical (unpaired) electrons. The van der Waals surface area contributed by atoms with Gasteiger partial charge in [-0.2, -0.15) is 0 Å². The molecule has 1 atom stereocenters. The maximum absolute atomic E-state index is 4.63. The molecule has 3 heterocycles. The monoisotopic (exact) mass is 291 g/mol. The molecular weight excluding hydrogens is 270 g/mol. The Morgan fingerprint density at radius 2 is 1.80 bits per heavy atom. The van der Waals surface area contributed by atoms with Crippen LogP contribution >= 0.6 is 11.8 Å². The predicted octanol–water partition coefficient (Wildman–Crippen LogP) is 1.71. The summed E-state index contributed by atoms with van der Waals surface area (Å²) in [5, 5.41) is 1.86. The van der Waals surface area contributed by atoms with E-state index in [1.54, 1.807) is 0 Å². The largest absolute Gasteiger partial charge is 0.353 e. The normalized spacial score (nSPS) is 23.1. The molecule has 3 rings (SSSR count). The van der Waals surface area contributed by atoms with Gasteiger partial charge in [0.25, 0.3) is 0 Å². The average Bonchev–Trinajstić information content (AvgIpc) is 2.84. The van der Waals surface area contributed by atoms with Crippen molar-refractivity contribution in [3.63, 3.8) is 0 Å². The third-order valence-electron chi connectivity index (χ3n) is 3.62. The maximum atomic E-state index is 4.63. The van der Waals surface area contributed by atoms with E-state index in [1.807, 2.05) is 25.6 Å². The predicted molar refractivity (Wildman–Crippen MR) is 84.6 cm³/mol. The molecule has 0 unspecified atom stereocenters. The van der Waals surface area contributed by atoms with E-state index in [9.17, 15) is 0 Å². The van der Waals surface area contributed by atoms with Gasteiger partial charge >= 0.3 is 0 Å². The molecule has 2 aliphatic heterocycles. The molecule has 0 amide bonds. The Kier molecular flexibility index (Phi) is 3.83. The first-order chi connectivity index (χ1) is 9.61. The summed E-state index contributed by atoms with van der Waals surface area (Å²) in [5.41, 5.74) is 1.04. The van der Waals surface area contributed by atoms with Gasteiger partial charge in [-0.25, -0.2) is 9.97 Å². The highest BCUT2D eigenvalue weighted by molar-refractivity contribution is 8.14. The van der Waals surface area contributed by atoms with Crippen LogP contribution in [0, 0.1) is 13.8 Å². The number of hydrogen-bond acceptors (Lipinski definition) is 6. The summed E-state index contributed by atoms with van der Waals surface area (Å²) in [6, 6.07) is 2.08. The minimum atomic E-state index is 0.634. The number of anilines is 1. The lowest BCUT2D eigenvalue weighted by Crippen LogP contribution is -2.48. The Bertz CT molecular complexity index is 502. The lowest BCUT2D eigenvalue weighted by molar-refractivity contribution is 0.390. The molecule has 20 heavy (non-hydrogen) atoms. The smallest absolute Gasteiger partial charge is 0.159 e. The van der Waals surface area contributed by atoms with Crippen LogP contribution in [0.15, 0.2) is 11.1 Å². The molecule has 6 heteroatoms. The first-order valence-corrected chi connectivity index (χ1v) is 8.03. The number of aromatic nitrogens is 2. The van der Waals surface area contributed by atoms with Crippen LogP contribution in [0.25, 0.3) is 0 Å². The number of piperazine rings is 1. The maximum Gasteiger partial charge on any atom is 0.159 e. The summed E-state index contributed by atoms with van der Waals surface area (Å²) < 4.78 is 0. The summed E-state index contributed by atoms with van der Waals surface area (Å²) in [4.78, 5) is 18.3. The van der Waals surface area contributed by atoms with E-state index in [-0.39, 0.29) is 0 Å². The topological polar surface area (TPSA) is 44.6 Å². The van der Waals surface area contributed by atoms with Crippen LogP contribution in [0.4, 0.5) is 5.82 Å². The van der Waals surface area contributed by atoms with Crippen LogP contribution in [0.2, 0.25) is 0 Å². The summed E-state index contributed by atoms with van der Waals surface area (Å²) in [7, 11) is 0. The molecule has 1 aromatic rings. The highest BCUT2D eigenvalue weighted by Gasteiger charge is 2.25. The Labute approximate surface area is 124 Å². The number of aliphatic imine (C=N–C) groups is 1. The molecule has 108 valence electrons. The minimum Gasteiger partial charge on any atom is -0.353 e. The fraction of sp³-hybridized carbons (Fsp3) is 0.643. The molecule has 1 fully saturated rings. The van der Waals surface area contributed by atoms with Gasteiger partial charge in [-0.15, -0.1) is 0 Å². The first-order valence-electron chi connectivity index (χ1n) is 7.15. The van der Waals surface area contributed by atoms with E-state index in [2.05, 4.69) is 37.8 Å². The molecule has 0 aliphatic carbocycles. The molecular formula is C14H21N5S. The standard InChI is InChI=1S/C14H21N5S/c1-10-8-13(17-12(3)16-10)18-4-6-19(7-5-18)14-15-9-11(2)20-14/h8,11H,4-7,9H2,1-3H3/t11-/m0/s1. The van der Waals surface area contributed by atoms with Crippen molar-refractivity contribution >= 4 is 22.7 Å². The number of hydrogen-bond donors (Lipinski definition) is 0. The van der Waals surface area contributed by atoms with Gasteiger partial charge in [0.15, 0.2) is 5.17 Å². The van der Waals surface area contributed by atoms with Gasteiger partial charge < -0.3 is 9.80 Å². The van der Waals surface area contributed by atoms with Gasteiger partial charge in [-0.1, -0.05) is 18.7 Å². The molecule has 5 nitrogen and oxygen atoms in total. The highest BCUT2D eigenvalue weighted by Crippen LogP contribution is 2.24. The van der Waals surface area contributed by atoms with Crippen molar-refractivity contribution in [3.05, 3.63) is 17.6 Å². The lowest BCUT2D eigenvalue weighted by atomic mass is 10.3. The fourth-order valence-electron chi connectivity index (χ4n) is 2.62. The molecule has 0 spiro atoms. The number of amidine groups is 1. The zero-order valence-corrected chi connectivity index (χ0v) is 13.2. The van der Waals surface area contributed by atoms with Crippen LogP contribution < -0.4 is 4.90 Å². The summed E-state index contributed by atoms with van der Waals surface area (Å²) >= 11 is 1.91. The van der Waals surface area contributed by atoms with Crippen molar-refractivity contribution in [2.75, 3.05) is 37.6 Å². The van der Waals surface area contributed by atoms with E-state index >= 15 is 0 Å². The molecule has 0 saturated carbocycles. The fourth-order valence-corrected chi connectivity index (χ4v) is 3.61. The van der Waals surface area contributed by atoms with Crippen molar-refractivity contribution < 1.29 is 0 Å². The van der Waals surface area contributed by atoms with Crippen molar-refractivity contribution in [1.82, 2.24) is 14.9 Å². The molecule has 0 bridgehead atoms. The Morgan fingerprint density at radius 3 is 2.40 bits per heavy atom. The van der Waals surface area contributed by atoms with E-state index in [0.29, 0.717) is 5.25 Å². The Hall–Kier alpha value is -1.30. The minimum absolute atomic E-state index is 0.634. The average molecular weight is 291 g/mol. The quantitative estimate of drug-likeness (QED) is 0.788. The lowest BCUT2D eigenvalue weighted by Gasteiger charge is -2.36. The molecule has 0 N–H and O–H groups in total. The van der Waals surface area contributed by atoms with Crippen LogP contribution in [0.5, 0.6) is 0 Å². The van der Waals surface area contributed by atoms with Crippen molar-refractivity contribution in [1.29, 1.82) is 0 Å². The third-order valence-corrected chi connectivity index (χ3v) is 4.77. The molecule has 1 saturated heterocycles. The van der Waals surface area contributed by atoms with Gasteiger partial charge in [0, 0.05) is 43.2 Å². The van der Waals surface area contributed by atoms with E-state index in [4.69, 9.17) is 0 Å². The number of nitrogens with zero attached hydrogens (tertiary/aromatic N) is 5. The van der Waals surface area contributed by atoms with Crippen LogP contribution in [0.3, 0.4) is 0 Å². The summed E-state index contributed by atoms with van der Waals surface area (Å²) in [6.07, 6.45) is 0. The van der Waals surface area contributed by atoms with Crippen LogP contribution in [-0.4, -0.2) is 58.0 Å². The second kappa shape index (κ2) is 5.60. The van der Waals surface area contributed by atoms with Gasteiger partial charge in [0.1, 0.15) is 11.6 Å². The van der Waals surface area contributed by atoms with Crippen LogP contribution in [0.1, 0.15) is 18.4 Å². The molecule has 0 aromatic carbocycles. The summed E-state index contributed by atoms with van der Waals surface area (Å²) in [6.45, 7) is 11.3. The Morgan fingerprint density at radius 1 is 1.10 bits per heavy atom. The van der Waals surface area contributed by atoms with Crippen molar-refractivity contribution in [3.8, 4) is 0 Å². The first kappa shape index (κ1) is 13.7. The van der Waals surface area contributed by atoms with Crippen molar-refractivity contribution in [2.24, 2.45) is 4.99 Å². The van der Waals surface area contributed by atoms with Crippen molar-refractivity contribution in [2.45, 2.75) is 26.0 Å². The van der Waals surface area contributed by atoms with Gasteiger partial charge in [-0.05, 0) is 13.8 Å². The SMILES string of the molecule is Cc1cc(N2CCN(C3=NC[C@H](C)S3)CC2)nc(C)n1. The summed E-state index contributed by atoms with van der Waals surface area (Å²) in [5.74, 6) is 1.91. The third kappa shape index (κ3) is 2.90. The second-order valence-electron chi connectivity index (χ2n) is 5.44. The van der Waals surface area contributed by atoms with Gasteiger partial charge in [-0.3, -0.25) is 4.99 Å². The van der Waals surface area contributed by atoms with E-state index in [0.717, 1.165) is 50.1 Å². The van der Waals surface area contributed by atoms with Gasteiger partial charge in [0.05, 0.1) is 6.54 Å². The number of thioether (sulfide) groups is 1.